The van der Waals surface area contributed by atoms with E-state index in [2.05, 4.69) is 33.5 Å². The van der Waals surface area contributed by atoms with Gasteiger partial charge in [0.05, 0.1) is 17.6 Å². The first-order valence-corrected chi connectivity index (χ1v) is 8.89. The summed E-state index contributed by atoms with van der Waals surface area (Å²) < 4.78 is 5.15. The summed E-state index contributed by atoms with van der Waals surface area (Å²) in [5.41, 5.74) is 1.97. The van der Waals surface area contributed by atoms with Crippen LogP contribution in [-0.2, 0) is 4.79 Å². The van der Waals surface area contributed by atoms with Crippen molar-refractivity contribution in [2.45, 2.75) is 0 Å². The van der Waals surface area contributed by atoms with E-state index in [1.807, 2.05) is 18.2 Å². The van der Waals surface area contributed by atoms with Crippen molar-refractivity contribution >= 4 is 40.7 Å². The Morgan fingerprint density at radius 3 is 2.65 bits per heavy atom. The van der Waals surface area contributed by atoms with Crippen molar-refractivity contribution < 1.29 is 9.21 Å². The summed E-state index contributed by atoms with van der Waals surface area (Å²) in [7, 11) is 2.13. The van der Waals surface area contributed by atoms with Crippen LogP contribution in [0, 0.1) is 0 Å². The molecule has 0 aliphatic carbocycles. The maximum atomic E-state index is 12.0. The second-order valence-electron chi connectivity index (χ2n) is 6.10. The third kappa shape index (κ3) is 4.93. The minimum Gasteiger partial charge on any atom is -0.465 e. The van der Waals surface area contributed by atoms with Crippen molar-refractivity contribution in [2.75, 3.05) is 43.4 Å². The van der Waals surface area contributed by atoms with E-state index in [9.17, 15) is 4.79 Å². The highest BCUT2D eigenvalue weighted by atomic mass is 32.1. The SMILES string of the molecule is CN1CCN(c2ccccc2NC(=S)NC(=O)C=Cc2ccco2)CC1. The van der Waals surface area contributed by atoms with E-state index in [1.54, 1.807) is 24.5 Å². The van der Waals surface area contributed by atoms with Crippen LogP contribution in [0.3, 0.4) is 0 Å². The van der Waals surface area contributed by atoms with Gasteiger partial charge in [0.25, 0.3) is 0 Å². The number of amides is 1. The molecule has 1 aromatic carbocycles. The van der Waals surface area contributed by atoms with Crippen LogP contribution in [0.4, 0.5) is 11.4 Å². The maximum absolute atomic E-state index is 12.0. The summed E-state index contributed by atoms with van der Waals surface area (Å²) in [4.78, 5) is 16.6. The van der Waals surface area contributed by atoms with E-state index in [4.69, 9.17) is 16.6 Å². The number of likely N-dealkylation sites (N-methyl/N-ethyl adjacent to an activating group) is 1. The number of nitrogens with one attached hydrogen (secondary N) is 2. The quantitative estimate of drug-likeness (QED) is 0.637. The molecule has 7 heteroatoms. The number of hydrogen-bond acceptors (Lipinski definition) is 5. The number of carbonyl (C=O) groups excluding carboxylic acids is 1. The Balaban J connectivity index is 1.60. The predicted octanol–water partition coefficient (Wildman–Crippen LogP) is 2.56. The average Bonchev–Trinajstić information content (AvgIpc) is 3.15. The average molecular weight is 370 g/mol. The van der Waals surface area contributed by atoms with E-state index >= 15 is 0 Å². The Bertz CT molecular complexity index is 781. The molecular formula is C19H22N4O2S. The molecule has 2 N–H and O–H groups in total. The van der Waals surface area contributed by atoms with Crippen LogP contribution in [0.1, 0.15) is 5.76 Å². The van der Waals surface area contributed by atoms with Gasteiger partial charge in [0, 0.05) is 32.3 Å². The molecule has 0 atom stereocenters. The normalized spacial score (nSPS) is 15.2. The summed E-state index contributed by atoms with van der Waals surface area (Å²) in [5.74, 6) is 0.301. The number of piperazine rings is 1. The molecule has 2 heterocycles. The van der Waals surface area contributed by atoms with Gasteiger partial charge in [-0.15, -0.1) is 0 Å². The molecule has 0 spiro atoms. The van der Waals surface area contributed by atoms with Gasteiger partial charge >= 0.3 is 0 Å². The Labute approximate surface area is 158 Å². The van der Waals surface area contributed by atoms with Crippen molar-refractivity contribution in [3.05, 3.63) is 54.5 Å². The number of anilines is 2. The fourth-order valence-electron chi connectivity index (χ4n) is 2.75. The molecule has 1 saturated heterocycles. The maximum Gasteiger partial charge on any atom is 0.250 e. The Kier molecular flexibility index (Phi) is 6.04. The molecular weight excluding hydrogens is 348 g/mol. The first kappa shape index (κ1) is 18.2. The summed E-state index contributed by atoms with van der Waals surface area (Å²) in [6.07, 6.45) is 4.54. The molecule has 0 saturated carbocycles. The Morgan fingerprint density at radius 2 is 1.92 bits per heavy atom. The molecule has 1 fully saturated rings. The van der Waals surface area contributed by atoms with Crippen molar-refractivity contribution in [3.63, 3.8) is 0 Å². The molecule has 0 unspecified atom stereocenters. The largest absolute Gasteiger partial charge is 0.465 e. The number of thiocarbonyl (C=S) groups is 1. The smallest absolute Gasteiger partial charge is 0.250 e. The lowest BCUT2D eigenvalue weighted by atomic mass is 10.2. The van der Waals surface area contributed by atoms with E-state index in [0.29, 0.717) is 5.76 Å². The van der Waals surface area contributed by atoms with Gasteiger partial charge in [-0.05, 0) is 49.6 Å². The lowest BCUT2D eigenvalue weighted by molar-refractivity contribution is -0.115. The van der Waals surface area contributed by atoms with Gasteiger partial charge in [-0.25, -0.2) is 0 Å². The summed E-state index contributed by atoms with van der Waals surface area (Å²) in [6, 6.07) is 11.5. The minimum absolute atomic E-state index is 0.265. The van der Waals surface area contributed by atoms with Gasteiger partial charge in [0.2, 0.25) is 5.91 Å². The first-order valence-electron chi connectivity index (χ1n) is 8.48. The Morgan fingerprint density at radius 1 is 1.15 bits per heavy atom. The fraction of sp³-hybridized carbons (Fsp3) is 0.263. The van der Waals surface area contributed by atoms with Crippen LogP contribution in [-0.4, -0.2) is 49.1 Å². The zero-order valence-electron chi connectivity index (χ0n) is 14.6. The molecule has 3 rings (SSSR count). The van der Waals surface area contributed by atoms with Crippen molar-refractivity contribution in [1.29, 1.82) is 0 Å². The van der Waals surface area contributed by atoms with E-state index in [-0.39, 0.29) is 11.0 Å². The molecule has 2 aromatic rings. The number of furan rings is 1. The zero-order valence-corrected chi connectivity index (χ0v) is 15.5. The van der Waals surface area contributed by atoms with Crippen molar-refractivity contribution in [1.82, 2.24) is 10.2 Å². The van der Waals surface area contributed by atoms with Crippen molar-refractivity contribution in [3.8, 4) is 0 Å². The predicted molar refractivity (Wildman–Crippen MR) is 108 cm³/mol. The number of carbonyl (C=O) groups is 1. The number of hydrogen-bond donors (Lipinski definition) is 2. The van der Waals surface area contributed by atoms with Gasteiger partial charge in [-0.3, -0.25) is 10.1 Å². The monoisotopic (exact) mass is 370 g/mol. The number of nitrogens with zero attached hydrogens (tertiary/aromatic N) is 2. The number of rotatable bonds is 4. The van der Waals surface area contributed by atoms with Crippen LogP contribution in [0.2, 0.25) is 0 Å². The molecule has 1 aromatic heterocycles. The molecule has 0 bridgehead atoms. The van der Waals surface area contributed by atoms with Gasteiger partial charge in [-0.2, -0.15) is 0 Å². The topological polar surface area (TPSA) is 60.8 Å². The third-order valence-electron chi connectivity index (χ3n) is 4.18. The zero-order chi connectivity index (χ0) is 18.4. The van der Waals surface area contributed by atoms with Crippen LogP contribution in [0.25, 0.3) is 6.08 Å². The van der Waals surface area contributed by atoms with Crippen LogP contribution in [0.5, 0.6) is 0 Å². The molecule has 6 nitrogen and oxygen atoms in total. The Hall–Kier alpha value is -2.64. The lowest BCUT2D eigenvalue weighted by Gasteiger charge is -2.35. The van der Waals surface area contributed by atoms with Gasteiger partial charge in [0.15, 0.2) is 5.11 Å². The summed E-state index contributed by atoms with van der Waals surface area (Å²) in [6.45, 7) is 3.96. The number of para-hydroxylation sites is 2. The van der Waals surface area contributed by atoms with E-state index in [1.165, 1.54) is 6.08 Å². The van der Waals surface area contributed by atoms with Crippen LogP contribution < -0.4 is 15.5 Å². The van der Waals surface area contributed by atoms with Crippen LogP contribution >= 0.6 is 12.2 Å². The minimum atomic E-state index is -0.309. The first-order chi connectivity index (χ1) is 12.6. The second kappa shape index (κ2) is 8.64. The third-order valence-corrected chi connectivity index (χ3v) is 4.38. The van der Waals surface area contributed by atoms with Gasteiger partial charge < -0.3 is 19.5 Å². The van der Waals surface area contributed by atoms with Crippen molar-refractivity contribution in [2.24, 2.45) is 0 Å². The molecule has 136 valence electrons. The second-order valence-corrected chi connectivity index (χ2v) is 6.51. The lowest BCUT2D eigenvalue weighted by Crippen LogP contribution is -2.45. The van der Waals surface area contributed by atoms with Crippen LogP contribution in [0.15, 0.2) is 53.2 Å². The standard InChI is InChI=1S/C19H22N4O2S/c1-22-10-12-23(13-11-22)17-7-3-2-6-16(17)20-19(26)21-18(24)9-8-15-5-4-14-25-15/h2-9,14H,10-13H2,1H3,(H2,20,21,24,26). The highest BCUT2D eigenvalue weighted by Gasteiger charge is 2.17. The molecule has 26 heavy (non-hydrogen) atoms. The number of benzene rings is 1. The van der Waals surface area contributed by atoms with E-state index in [0.717, 1.165) is 37.6 Å². The molecule has 1 amide bonds. The highest BCUT2D eigenvalue weighted by Crippen LogP contribution is 2.26. The highest BCUT2D eigenvalue weighted by molar-refractivity contribution is 7.80. The summed E-state index contributed by atoms with van der Waals surface area (Å²) in [5, 5.41) is 6.05. The van der Waals surface area contributed by atoms with Gasteiger partial charge in [0.1, 0.15) is 5.76 Å². The molecule has 1 aliphatic heterocycles. The van der Waals surface area contributed by atoms with E-state index < -0.39 is 0 Å². The van der Waals surface area contributed by atoms with Gasteiger partial charge in [-0.1, -0.05) is 12.1 Å². The summed E-state index contributed by atoms with van der Waals surface area (Å²) >= 11 is 5.28. The fourth-order valence-corrected chi connectivity index (χ4v) is 2.96. The molecule has 0 radical (unpaired) electrons. The molecule has 1 aliphatic rings.